The lowest BCUT2D eigenvalue weighted by Crippen LogP contribution is -2.48. The Balaban J connectivity index is 1.55. The molecule has 1 aromatic carbocycles. The van der Waals surface area contributed by atoms with Gasteiger partial charge < -0.3 is 14.4 Å². The number of hydrogen-bond acceptors (Lipinski definition) is 8. The van der Waals surface area contributed by atoms with Crippen LogP contribution in [0.5, 0.6) is 11.5 Å². The second kappa shape index (κ2) is 7.68. The number of ether oxygens (including phenoxy) is 2. The van der Waals surface area contributed by atoms with Gasteiger partial charge in [0, 0.05) is 26.2 Å². The summed E-state index contributed by atoms with van der Waals surface area (Å²) in [6.45, 7) is 1.90. The minimum absolute atomic E-state index is 0.278. The van der Waals surface area contributed by atoms with Crippen molar-refractivity contribution in [1.82, 2.24) is 9.29 Å². The van der Waals surface area contributed by atoms with Gasteiger partial charge in [-0.25, -0.2) is 13.4 Å². The Labute approximate surface area is 176 Å². The van der Waals surface area contributed by atoms with Crippen LogP contribution in [0.1, 0.15) is 0 Å². The largest absolute Gasteiger partial charge is 0.495 e. The van der Waals surface area contributed by atoms with Crippen molar-refractivity contribution in [2.24, 2.45) is 0 Å². The molecule has 4 rings (SSSR count). The molecule has 7 nitrogen and oxygen atoms in total. The fraction of sp³-hybridized carbons (Fsp3) is 0.353. The quantitative estimate of drug-likeness (QED) is 0.581. The normalized spacial score (nSPS) is 15.9. The van der Waals surface area contributed by atoms with Gasteiger partial charge in [0.2, 0.25) is 0 Å². The first-order valence-corrected chi connectivity index (χ1v) is 11.9. The zero-order chi connectivity index (χ0) is 19.9. The van der Waals surface area contributed by atoms with Gasteiger partial charge in [-0.1, -0.05) is 22.9 Å². The van der Waals surface area contributed by atoms with E-state index in [-0.39, 0.29) is 4.21 Å². The van der Waals surface area contributed by atoms with Crippen molar-refractivity contribution in [3.63, 3.8) is 0 Å². The van der Waals surface area contributed by atoms with Crippen LogP contribution in [0, 0.1) is 0 Å². The maximum absolute atomic E-state index is 12.8. The van der Waals surface area contributed by atoms with Crippen molar-refractivity contribution < 1.29 is 17.9 Å². The monoisotopic (exact) mass is 459 g/mol. The minimum atomic E-state index is -3.51. The summed E-state index contributed by atoms with van der Waals surface area (Å²) in [4.78, 5) is 6.81. The van der Waals surface area contributed by atoms with Crippen molar-refractivity contribution in [3.8, 4) is 11.5 Å². The molecule has 1 aliphatic heterocycles. The van der Waals surface area contributed by atoms with Crippen LogP contribution in [-0.4, -0.2) is 58.1 Å². The highest BCUT2D eigenvalue weighted by Crippen LogP contribution is 2.40. The molecule has 0 bridgehead atoms. The number of aromatic nitrogens is 1. The maximum atomic E-state index is 12.8. The third-order valence-corrected chi connectivity index (χ3v) is 9.28. The Kier molecular flexibility index (Phi) is 5.41. The van der Waals surface area contributed by atoms with Crippen LogP contribution in [-0.2, 0) is 10.0 Å². The number of methoxy groups -OCH3 is 2. The molecule has 28 heavy (non-hydrogen) atoms. The van der Waals surface area contributed by atoms with Gasteiger partial charge in [-0.05, 0) is 24.3 Å². The first-order chi connectivity index (χ1) is 13.4. The minimum Gasteiger partial charge on any atom is -0.495 e. The third kappa shape index (κ3) is 3.43. The lowest BCUT2D eigenvalue weighted by molar-refractivity contribution is 0.385. The fourth-order valence-electron chi connectivity index (χ4n) is 3.09. The van der Waals surface area contributed by atoms with Gasteiger partial charge in [-0.3, -0.25) is 0 Å². The third-order valence-electron chi connectivity index (χ3n) is 4.55. The molecule has 0 radical (unpaired) electrons. The molecule has 3 heterocycles. The van der Waals surface area contributed by atoms with E-state index in [9.17, 15) is 8.42 Å². The molecule has 3 aromatic rings. The molecular weight excluding hydrogens is 442 g/mol. The number of thiophene rings is 1. The zero-order valence-electron chi connectivity index (χ0n) is 15.2. The van der Waals surface area contributed by atoms with E-state index in [1.165, 1.54) is 15.6 Å². The number of rotatable bonds is 5. The van der Waals surface area contributed by atoms with E-state index in [2.05, 4.69) is 4.90 Å². The smallest absolute Gasteiger partial charge is 0.252 e. The number of nitrogens with zero attached hydrogens (tertiary/aromatic N) is 3. The molecule has 1 saturated heterocycles. The van der Waals surface area contributed by atoms with E-state index in [0.29, 0.717) is 36.3 Å². The molecule has 0 unspecified atom stereocenters. The highest BCUT2D eigenvalue weighted by molar-refractivity contribution is 7.91. The summed E-state index contributed by atoms with van der Waals surface area (Å²) in [5.41, 5.74) is 0.755. The van der Waals surface area contributed by atoms with Gasteiger partial charge in [0.1, 0.15) is 25.9 Å². The van der Waals surface area contributed by atoms with E-state index in [4.69, 9.17) is 26.1 Å². The molecular formula is C17H18ClN3O4S3. The number of anilines is 1. The van der Waals surface area contributed by atoms with Crippen molar-refractivity contribution in [1.29, 1.82) is 0 Å². The highest BCUT2D eigenvalue weighted by atomic mass is 35.5. The number of piperazine rings is 1. The summed E-state index contributed by atoms with van der Waals surface area (Å²) < 4.78 is 39.5. The summed E-state index contributed by atoms with van der Waals surface area (Å²) in [6.07, 6.45) is 0. The number of benzene rings is 1. The first kappa shape index (κ1) is 19.7. The Morgan fingerprint density at radius 2 is 1.68 bits per heavy atom. The summed E-state index contributed by atoms with van der Waals surface area (Å²) in [5, 5.41) is 0.828. The second-order valence-electron chi connectivity index (χ2n) is 6.09. The molecule has 0 aliphatic carbocycles. The predicted molar refractivity (Wildman–Crippen MR) is 113 cm³/mol. The average molecular weight is 460 g/mol. The van der Waals surface area contributed by atoms with Crippen LogP contribution in [0.25, 0.3) is 10.2 Å². The van der Waals surface area contributed by atoms with Crippen LogP contribution in [0.4, 0.5) is 5.13 Å². The number of hydrogen-bond donors (Lipinski definition) is 0. The van der Waals surface area contributed by atoms with E-state index < -0.39 is 10.0 Å². The van der Waals surface area contributed by atoms with Gasteiger partial charge in [-0.15, -0.1) is 11.3 Å². The Morgan fingerprint density at radius 3 is 2.29 bits per heavy atom. The topological polar surface area (TPSA) is 72.0 Å². The van der Waals surface area contributed by atoms with Gasteiger partial charge in [0.25, 0.3) is 10.0 Å². The average Bonchev–Trinajstić information content (AvgIpc) is 3.34. The van der Waals surface area contributed by atoms with Crippen LogP contribution >= 0.6 is 34.3 Å². The van der Waals surface area contributed by atoms with Crippen LogP contribution in [0.2, 0.25) is 4.34 Å². The van der Waals surface area contributed by atoms with Crippen molar-refractivity contribution in [2.75, 3.05) is 45.3 Å². The molecule has 0 saturated carbocycles. The van der Waals surface area contributed by atoms with Crippen LogP contribution in [0.15, 0.2) is 28.5 Å². The zero-order valence-corrected chi connectivity index (χ0v) is 18.4. The first-order valence-electron chi connectivity index (χ1n) is 8.46. The van der Waals surface area contributed by atoms with Gasteiger partial charge in [-0.2, -0.15) is 4.31 Å². The van der Waals surface area contributed by atoms with Crippen molar-refractivity contribution in [2.45, 2.75) is 4.21 Å². The number of fused-ring (bicyclic) bond motifs is 1. The summed E-state index contributed by atoms with van der Waals surface area (Å²) in [7, 11) is -0.271. The molecule has 11 heteroatoms. The van der Waals surface area contributed by atoms with Gasteiger partial charge in [0.05, 0.1) is 18.6 Å². The Bertz CT molecular complexity index is 1060. The van der Waals surface area contributed by atoms with E-state index in [0.717, 1.165) is 32.4 Å². The molecule has 0 atom stereocenters. The summed E-state index contributed by atoms with van der Waals surface area (Å²) in [6, 6.07) is 6.86. The maximum Gasteiger partial charge on any atom is 0.252 e. The molecule has 150 valence electrons. The SMILES string of the molecule is COc1ccc(OC)c2sc(N3CCN(S(=O)(=O)c4ccc(Cl)s4)CC3)nc12. The van der Waals surface area contributed by atoms with Gasteiger partial charge in [0.15, 0.2) is 5.13 Å². The van der Waals surface area contributed by atoms with Crippen molar-refractivity contribution >= 4 is 59.6 Å². The van der Waals surface area contributed by atoms with Gasteiger partial charge >= 0.3 is 0 Å². The number of thiazole rings is 1. The van der Waals surface area contributed by atoms with E-state index >= 15 is 0 Å². The summed E-state index contributed by atoms with van der Waals surface area (Å²) >= 11 is 8.50. The Morgan fingerprint density at radius 1 is 1.00 bits per heavy atom. The van der Waals surface area contributed by atoms with Crippen LogP contribution < -0.4 is 14.4 Å². The van der Waals surface area contributed by atoms with E-state index in [1.807, 2.05) is 12.1 Å². The fourth-order valence-corrected chi connectivity index (χ4v) is 7.28. The molecule has 0 N–H and O–H groups in total. The molecule has 0 spiro atoms. The standard InChI is InChI=1S/C17H18ClN3O4S3/c1-24-11-3-4-12(25-2)16-15(11)19-17(27-16)20-7-9-21(10-8-20)28(22,23)14-6-5-13(18)26-14/h3-6H,7-10H2,1-2H3. The van der Waals surface area contributed by atoms with Crippen LogP contribution in [0.3, 0.4) is 0 Å². The number of sulfonamides is 1. The van der Waals surface area contributed by atoms with E-state index in [1.54, 1.807) is 26.4 Å². The molecule has 1 fully saturated rings. The summed E-state index contributed by atoms with van der Waals surface area (Å²) in [5.74, 6) is 1.43. The molecule has 2 aromatic heterocycles. The predicted octanol–water partition coefficient (Wildman–Crippen LogP) is 3.54. The molecule has 1 aliphatic rings. The highest BCUT2D eigenvalue weighted by Gasteiger charge is 2.31. The number of halogens is 1. The lowest BCUT2D eigenvalue weighted by atomic mass is 10.3. The second-order valence-corrected chi connectivity index (χ2v) is 11.0. The lowest BCUT2D eigenvalue weighted by Gasteiger charge is -2.33. The Hall–Kier alpha value is -1.59. The molecule has 0 amide bonds. The van der Waals surface area contributed by atoms with Crippen molar-refractivity contribution in [3.05, 3.63) is 28.6 Å².